The van der Waals surface area contributed by atoms with E-state index in [0.717, 1.165) is 53.4 Å². The standard InChI is InChI=1S/C25H27N7O.2H2/c1-16-21(13-28-23-22(16)27-9-11-33-23)32-10-8-17-12-29-24(31-20(17)14-32)30-19-6-4-18(5-7-19)25(2,3)15-26;;/h4-7,12-13,27H,8-11,14H2,1-3H3,(H,29,30,31);2*1H. The molecule has 0 aliphatic carbocycles. The minimum absolute atomic E-state index is 0. The van der Waals surface area contributed by atoms with Gasteiger partial charge in [-0.1, -0.05) is 12.1 Å². The first-order valence-corrected chi connectivity index (χ1v) is 11.2. The number of benzene rings is 1. The van der Waals surface area contributed by atoms with Crippen LogP contribution in [0.15, 0.2) is 36.7 Å². The predicted octanol–water partition coefficient (Wildman–Crippen LogP) is 4.58. The van der Waals surface area contributed by atoms with Crippen LogP contribution in [-0.2, 0) is 18.4 Å². The van der Waals surface area contributed by atoms with Gasteiger partial charge < -0.3 is 20.3 Å². The molecule has 1 aromatic carbocycles. The van der Waals surface area contributed by atoms with E-state index in [0.29, 0.717) is 25.0 Å². The predicted molar refractivity (Wildman–Crippen MR) is 132 cm³/mol. The van der Waals surface area contributed by atoms with Crippen molar-refractivity contribution in [2.24, 2.45) is 0 Å². The minimum Gasteiger partial charge on any atom is -0.474 e. The third kappa shape index (κ3) is 4.02. The summed E-state index contributed by atoms with van der Waals surface area (Å²) in [6.45, 7) is 8.95. The quantitative estimate of drug-likeness (QED) is 0.602. The van der Waals surface area contributed by atoms with Crippen molar-refractivity contribution in [2.45, 2.75) is 39.2 Å². The molecule has 0 unspecified atom stereocenters. The van der Waals surface area contributed by atoms with E-state index in [-0.39, 0.29) is 2.85 Å². The first kappa shape index (κ1) is 21.0. The summed E-state index contributed by atoms with van der Waals surface area (Å²) in [7, 11) is 0. The van der Waals surface area contributed by atoms with Crippen molar-refractivity contribution < 1.29 is 7.59 Å². The largest absolute Gasteiger partial charge is 0.474 e. The van der Waals surface area contributed by atoms with Crippen LogP contribution in [0.5, 0.6) is 5.88 Å². The summed E-state index contributed by atoms with van der Waals surface area (Å²) in [5.41, 5.74) is 6.77. The molecule has 0 saturated carbocycles. The van der Waals surface area contributed by atoms with Crippen LogP contribution in [0.3, 0.4) is 0 Å². The summed E-state index contributed by atoms with van der Waals surface area (Å²) in [4.78, 5) is 16.2. The molecule has 2 N–H and O–H groups in total. The number of hydrogen-bond donors (Lipinski definition) is 2. The third-order valence-corrected chi connectivity index (χ3v) is 6.35. The highest BCUT2D eigenvalue weighted by Gasteiger charge is 2.24. The molecule has 0 atom stereocenters. The lowest BCUT2D eigenvalue weighted by Gasteiger charge is -2.32. The number of nitriles is 1. The molecule has 0 radical (unpaired) electrons. The number of aromatic nitrogens is 3. The fourth-order valence-corrected chi connectivity index (χ4v) is 4.26. The van der Waals surface area contributed by atoms with Gasteiger partial charge in [-0.25, -0.2) is 15.0 Å². The smallest absolute Gasteiger partial charge is 0.237 e. The van der Waals surface area contributed by atoms with E-state index in [1.54, 1.807) is 0 Å². The second kappa shape index (κ2) is 8.24. The maximum absolute atomic E-state index is 9.34. The second-order valence-electron chi connectivity index (χ2n) is 9.00. The molecule has 0 saturated heterocycles. The summed E-state index contributed by atoms with van der Waals surface area (Å²) in [5.74, 6) is 1.25. The number of nitrogens with zero attached hydrogens (tertiary/aromatic N) is 5. The van der Waals surface area contributed by atoms with Crippen molar-refractivity contribution in [3.05, 3.63) is 59.0 Å². The number of anilines is 4. The molecule has 33 heavy (non-hydrogen) atoms. The van der Waals surface area contributed by atoms with Crippen LogP contribution in [0.4, 0.5) is 23.0 Å². The Balaban J connectivity index is 0.00000171. The van der Waals surface area contributed by atoms with Crippen LogP contribution in [-0.4, -0.2) is 34.6 Å². The van der Waals surface area contributed by atoms with Gasteiger partial charge in [0.2, 0.25) is 11.8 Å². The van der Waals surface area contributed by atoms with Gasteiger partial charge in [-0.15, -0.1) is 0 Å². The van der Waals surface area contributed by atoms with E-state index in [4.69, 9.17) is 9.72 Å². The average Bonchev–Trinajstić information content (AvgIpc) is 2.84. The zero-order chi connectivity index (χ0) is 23.0. The molecule has 2 aliphatic heterocycles. The van der Waals surface area contributed by atoms with Crippen molar-refractivity contribution in [3.63, 3.8) is 0 Å². The molecule has 0 fully saturated rings. The van der Waals surface area contributed by atoms with Crippen molar-refractivity contribution in [3.8, 4) is 11.9 Å². The molecular formula is C25H31N7O. The van der Waals surface area contributed by atoms with Crippen molar-refractivity contribution in [1.29, 1.82) is 5.26 Å². The first-order chi connectivity index (χ1) is 15.9. The average molecular weight is 446 g/mol. The SMILES string of the molecule is Cc1c(N2CCc3cnc(Nc4ccc(C(C)(C)C#N)cc4)nc3C2)cnc2c1NCCO2.[HH].[HH]. The molecule has 8 nitrogen and oxygen atoms in total. The second-order valence-corrected chi connectivity index (χ2v) is 9.00. The van der Waals surface area contributed by atoms with Gasteiger partial charge in [0.25, 0.3) is 0 Å². The summed E-state index contributed by atoms with van der Waals surface area (Å²) < 4.78 is 5.67. The normalized spacial score (nSPS) is 14.9. The monoisotopic (exact) mass is 445 g/mol. The Kier molecular flexibility index (Phi) is 5.25. The Morgan fingerprint density at radius 1 is 1.21 bits per heavy atom. The lowest BCUT2D eigenvalue weighted by atomic mass is 9.86. The van der Waals surface area contributed by atoms with Crippen LogP contribution in [0, 0.1) is 18.3 Å². The van der Waals surface area contributed by atoms with Crippen LogP contribution in [0.1, 0.15) is 39.1 Å². The Morgan fingerprint density at radius 3 is 2.82 bits per heavy atom. The van der Waals surface area contributed by atoms with E-state index in [1.807, 2.05) is 50.5 Å². The van der Waals surface area contributed by atoms with E-state index in [2.05, 4.69) is 38.5 Å². The van der Waals surface area contributed by atoms with Crippen LogP contribution < -0.4 is 20.3 Å². The fraction of sp³-hybridized carbons (Fsp3) is 0.360. The van der Waals surface area contributed by atoms with Gasteiger partial charge in [-0.2, -0.15) is 5.26 Å². The van der Waals surface area contributed by atoms with Crippen molar-refractivity contribution in [2.75, 3.05) is 35.2 Å². The van der Waals surface area contributed by atoms with Gasteiger partial charge in [0.1, 0.15) is 12.3 Å². The minimum atomic E-state index is -0.518. The Morgan fingerprint density at radius 2 is 2.03 bits per heavy atom. The lowest BCUT2D eigenvalue weighted by molar-refractivity contribution is 0.310. The van der Waals surface area contributed by atoms with Gasteiger partial charge in [-0.05, 0) is 50.5 Å². The van der Waals surface area contributed by atoms with E-state index in [9.17, 15) is 5.26 Å². The van der Waals surface area contributed by atoms with Gasteiger partial charge in [0.15, 0.2) is 0 Å². The molecule has 5 rings (SSSR count). The van der Waals surface area contributed by atoms with Crippen LogP contribution in [0.2, 0.25) is 0 Å². The van der Waals surface area contributed by atoms with Crippen LogP contribution >= 0.6 is 0 Å². The molecule has 0 amide bonds. The number of fused-ring (bicyclic) bond motifs is 2. The molecule has 8 heteroatoms. The van der Waals surface area contributed by atoms with Gasteiger partial charge in [0.05, 0.1) is 35.6 Å². The highest BCUT2D eigenvalue weighted by atomic mass is 16.5. The summed E-state index contributed by atoms with van der Waals surface area (Å²) in [5, 5.41) is 16.1. The zero-order valence-electron chi connectivity index (χ0n) is 19.1. The number of pyridine rings is 1. The number of nitrogens with one attached hydrogen (secondary N) is 2. The number of hydrogen-bond acceptors (Lipinski definition) is 8. The molecular weight excluding hydrogens is 414 g/mol. The Hall–Kier alpha value is -3.86. The molecule has 2 aromatic heterocycles. The van der Waals surface area contributed by atoms with Crippen LogP contribution in [0.25, 0.3) is 0 Å². The van der Waals surface area contributed by atoms with E-state index >= 15 is 0 Å². The summed E-state index contributed by atoms with van der Waals surface area (Å²) in [6, 6.07) is 10.2. The number of rotatable bonds is 4. The molecule has 4 heterocycles. The third-order valence-electron chi connectivity index (χ3n) is 6.35. The van der Waals surface area contributed by atoms with Crippen molar-refractivity contribution in [1.82, 2.24) is 15.0 Å². The molecule has 0 spiro atoms. The van der Waals surface area contributed by atoms with E-state index < -0.39 is 5.41 Å². The van der Waals surface area contributed by atoms with Gasteiger partial charge in [-0.3, -0.25) is 0 Å². The maximum atomic E-state index is 9.34. The zero-order valence-corrected chi connectivity index (χ0v) is 19.1. The van der Waals surface area contributed by atoms with Gasteiger partial charge >= 0.3 is 0 Å². The Bertz CT molecular complexity index is 1240. The molecule has 2 aliphatic rings. The maximum Gasteiger partial charge on any atom is 0.237 e. The highest BCUT2D eigenvalue weighted by molar-refractivity contribution is 5.70. The molecule has 3 aromatic rings. The summed E-state index contributed by atoms with van der Waals surface area (Å²) in [6.07, 6.45) is 4.70. The topological polar surface area (TPSA) is 99.0 Å². The molecule has 172 valence electrons. The highest BCUT2D eigenvalue weighted by Crippen LogP contribution is 2.36. The molecule has 0 bridgehead atoms. The van der Waals surface area contributed by atoms with Crippen molar-refractivity contribution >= 4 is 23.0 Å². The Labute approximate surface area is 196 Å². The van der Waals surface area contributed by atoms with Gasteiger partial charge in [0, 0.05) is 33.4 Å². The summed E-state index contributed by atoms with van der Waals surface area (Å²) >= 11 is 0. The van der Waals surface area contributed by atoms with E-state index in [1.165, 1.54) is 5.56 Å². The first-order valence-electron chi connectivity index (χ1n) is 11.2. The fourth-order valence-electron chi connectivity index (χ4n) is 4.26. The number of ether oxygens (including phenoxy) is 1. The lowest BCUT2D eigenvalue weighted by Crippen LogP contribution is -2.32.